The first-order valence-corrected chi connectivity index (χ1v) is 9.82. The number of nitrogen functional groups attached to an aromatic ring is 1. The van der Waals surface area contributed by atoms with Gasteiger partial charge in [-0.2, -0.15) is 0 Å². The van der Waals surface area contributed by atoms with E-state index >= 15 is 0 Å². The van der Waals surface area contributed by atoms with Crippen LogP contribution >= 0.6 is 11.3 Å². The predicted molar refractivity (Wildman–Crippen MR) is 104 cm³/mol. The van der Waals surface area contributed by atoms with Crippen LogP contribution in [0, 0.1) is 0 Å². The Kier molecular flexibility index (Phi) is 7.66. The number of rotatable bonds is 10. The Labute approximate surface area is 157 Å². The van der Waals surface area contributed by atoms with Crippen molar-refractivity contribution in [1.82, 2.24) is 0 Å². The molecule has 0 amide bonds. The van der Waals surface area contributed by atoms with Gasteiger partial charge in [0.05, 0.1) is 5.69 Å². The van der Waals surface area contributed by atoms with Gasteiger partial charge in [-0.05, 0) is 35.9 Å². The summed E-state index contributed by atoms with van der Waals surface area (Å²) < 4.78 is 5.27. The molecule has 5 nitrogen and oxygen atoms in total. The van der Waals surface area contributed by atoms with E-state index in [-0.39, 0.29) is 11.3 Å². The number of nitrogens with two attached hydrogens (primary N) is 1. The Hall–Kier alpha value is -2.34. The number of esters is 1. The number of para-hydroxylation sites is 1. The van der Waals surface area contributed by atoms with E-state index in [1.165, 1.54) is 49.2 Å². The number of anilines is 1. The number of ether oxygens (including phenoxy) is 1. The minimum absolute atomic E-state index is 0.0234. The molecule has 2 aromatic rings. The maximum atomic E-state index is 12.4. The Morgan fingerprint density at radius 2 is 1.81 bits per heavy atom. The number of hydrogen-bond acceptors (Lipinski definition) is 5. The average molecular weight is 375 g/mol. The van der Waals surface area contributed by atoms with Crippen LogP contribution in [-0.4, -0.2) is 17.0 Å². The second kappa shape index (κ2) is 9.97. The number of carboxylic acids is 1. The van der Waals surface area contributed by atoms with Crippen LogP contribution in [-0.2, 0) is 6.42 Å². The Balaban J connectivity index is 1.96. The van der Waals surface area contributed by atoms with Gasteiger partial charge < -0.3 is 15.6 Å². The summed E-state index contributed by atoms with van der Waals surface area (Å²) in [6.07, 6.45) is 8.02. The van der Waals surface area contributed by atoms with Crippen molar-refractivity contribution in [2.75, 3.05) is 5.73 Å². The van der Waals surface area contributed by atoms with E-state index in [2.05, 4.69) is 6.92 Å². The predicted octanol–water partition coefficient (Wildman–Crippen LogP) is 5.15. The van der Waals surface area contributed by atoms with E-state index < -0.39 is 11.9 Å². The molecule has 1 aromatic carbocycles. The molecule has 6 heteroatoms. The van der Waals surface area contributed by atoms with Crippen LogP contribution in [0.4, 0.5) is 5.69 Å². The van der Waals surface area contributed by atoms with E-state index in [1.807, 2.05) is 5.38 Å². The van der Waals surface area contributed by atoms with E-state index in [4.69, 9.17) is 15.6 Å². The molecule has 140 valence electrons. The molecular formula is C20H25NO4S. The summed E-state index contributed by atoms with van der Waals surface area (Å²) in [5, 5.41) is 11.1. The molecule has 0 fully saturated rings. The van der Waals surface area contributed by atoms with Gasteiger partial charge in [-0.25, -0.2) is 9.59 Å². The lowest BCUT2D eigenvalue weighted by molar-refractivity contribution is 0.0683. The fourth-order valence-corrected chi connectivity index (χ4v) is 3.63. The zero-order valence-electron chi connectivity index (χ0n) is 15.0. The molecular weight excluding hydrogens is 350 g/mol. The molecule has 0 saturated heterocycles. The van der Waals surface area contributed by atoms with Gasteiger partial charge in [-0.1, -0.05) is 51.2 Å². The number of aromatic carboxylic acids is 1. The Bertz CT molecular complexity index is 754. The second-order valence-electron chi connectivity index (χ2n) is 6.21. The maximum absolute atomic E-state index is 12.4. The molecule has 26 heavy (non-hydrogen) atoms. The fourth-order valence-electron chi connectivity index (χ4n) is 2.73. The normalized spacial score (nSPS) is 10.7. The van der Waals surface area contributed by atoms with Crippen LogP contribution in [0.3, 0.4) is 0 Å². The smallest absolute Gasteiger partial charge is 0.355 e. The van der Waals surface area contributed by atoms with Gasteiger partial charge in [0.1, 0.15) is 16.2 Å². The SMILES string of the molecule is CCCCCCCCc1csc(C(=O)Oc2ccccc2C(=O)O)c1N. The minimum atomic E-state index is -1.14. The van der Waals surface area contributed by atoms with Crippen molar-refractivity contribution in [2.45, 2.75) is 51.9 Å². The number of carbonyl (C=O) groups is 2. The van der Waals surface area contributed by atoms with Gasteiger partial charge in [0.2, 0.25) is 0 Å². The quantitative estimate of drug-likeness (QED) is 0.340. The highest BCUT2D eigenvalue weighted by Crippen LogP contribution is 2.29. The van der Waals surface area contributed by atoms with Crippen LogP contribution in [0.2, 0.25) is 0 Å². The topological polar surface area (TPSA) is 89.6 Å². The third-order valence-electron chi connectivity index (χ3n) is 4.21. The molecule has 0 aliphatic carbocycles. The van der Waals surface area contributed by atoms with Gasteiger partial charge >= 0.3 is 11.9 Å². The lowest BCUT2D eigenvalue weighted by Crippen LogP contribution is -2.12. The van der Waals surface area contributed by atoms with Crippen molar-refractivity contribution in [1.29, 1.82) is 0 Å². The minimum Gasteiger partial charge on any atom is -0.478 e. The van der Waals surface area contributed by atoms with Crippen molar-refractivity contribution in [2.24, 2.45) is 0 Å². The van der Waals surface area contributed by atoms with Gasteiger partial charge in [-0.15, -0.1) is 11.3 Å². The standard InChI is InChI=1S/C20H25NO4S/c1-2-3-4-5-6-7-10-14-13-26-18(17(14)21)20(24)25-16-12-9-8-11-15(16)19(22)23/h8-9,11-13H,2-7,10,21H2,1H3,(H,22,23). The van der Waals surface area contributed by atoms with Crippen LogP contribution in [0.5, 0.6) is 5.75 Å². The van der Waals surface area contributed by atoms with E-state index in [9.17, 15) is 9.59 Å². The summed E-state index contributed by atoms with van der Waals surface area (Å²) >= 11 is 1.24. The number of benzene rings is 1. The highest BCUT2D eigenvalue weighted by atomic mass is 32.1. The molecule has 2 rings (SSSR count). The molecule has 1 heterocycles. The number of thiophene rings is 1. The number of carbonyl (C=O) groups excluding carboxylic acids is 1. The first kappa shape index (κ1) is 20.0. The number of unbranched alkanes of at least 4 members (excludes halogenated alkanes) is 5. The zero-order chi connectivity index (χ0) is 18.9. The lowest BCUT2D eigenvalue weighted by atomic mass is 10.1. The largest absolute Gasteiger partial charge is 0.478 e. The molecule has 0 spiro atoms. The third kappa shape index (κ3) is 5.33. The highest BCUT2D eigenvalue weighted by molar-refractivity contribution is 7.12. The van der Waals surface area contributed by atoms with E-state index in [1.54, 1.807) is 12.1 Å². The third-order valence-corrected chi connectivity index (χ3v) is 5.24. The average Bonchev–Trinajstić information content (AvgIpc) is 2.99. The maximum Gasteiger partial charge on any atom is 0.355 e. The lowest BCUT2D eigenvalue weighted by Gasteiger charge is -2.07. The summed E-state index contributed by atoms with van der Waals surface area (Å²) in [4.78, 5) is 23.9. The first-order chi connectivity index (χ1) is 12.5. The van der Waals surface area contributed by atoms with E-state index in [0.29, 0.717) is 10.6 Å². The molecule has 0 saturated carbocycles. The fraction of sp³-hybridized carbons (Fsp3) is 0.400. The van der Waals surface area contributed by atoms with Gasteiger partial charge in [0.25, 0.3) is 0 Å². The molecule has 0 bridgehead atoms. The first-order valence-electron chi connectivity index (χ1n) is 8.95. The Morgan fingerprint density at radius 1 is 1.12 bits per heavy atom. The molecule has 1 aromatic heterocycles. The van der Waals surface area contributed by atoms with Gasteiger partial charge in [0.15, 0.2) is 0 Å². The monoisotopic (exact) mass is 375 g/mol. The van der Waals surface area contributed by atoms with E-state index in [0.717, 1.165) is 24.8 Å². The van der Waals surface area contributed by atoms with Crippen LogP contribution in [0.15, 0.2) is 29.6 Å². The van der Waals surface area contributed by atoms with Crippen LogP contribution < -0.4 is 10.5 Å². The summed E-state index contributed by atoms with van der Waals surface area (Å²) in [7, 11) is 0. The molecule has 0 aliphatic rings. The van der Waals surface area contributed by atoms with Gasteiger partial charge in [0, 0.05) is 0 Å². The molecule has 0 unspecified atom stereocenters. The van der Waals surface area contributed by atoms with Crippen molar-refractivity contribution in [3.63, 3.8) is 0 Å². The van der Waals surface area contributed by atoms with Crippen LogP contribution in [0.25, 0.3) is 0 Å². The van der Waals surface area contributed by atoms with Gasteiger partial charge in [-0.3, -0.25) is 0 Å². The van der Waals surface area contributed by atoms with Crippen molar-refractivity contribution < 1.29 is 19.4 Å². The zero-order valence-corrected chi connectivity index (χ0v) is 15.8. The number of carboxylic acid groups (broad SMARTS) is 1. The molecule has 3 N–H and O–H groups in total. The van der Waals surface area contributed by atoms with Crippen LogP contribution in [0.1, 0.15) is 71.0 Å². The van der Waals surface area contributed by atoms with Crippen molar-refractivity contribution >= 4 is 29.0 Å². The highest BCUT2D eigenvalue weighted by Gasteiger charge is 2.20. The summed E-state index contributed by atoms with van der Waals surface area (Å²) in [6, 6.07) is 6.06. The van der Waals surface area contributed by atoms with Crippen molar-refractivity contribution in [3.05, 3.63) is 45.6 Å². The summed E-state index contributed by atoms with van der Waals surface area (Å²) in [5.74, 6) is -1.73. The molecule has 0 radical (unpaired) electrons. The number of aryl methyl sites for hydroxylation is 1. The summed E-state index contributed by atoms with van der Waals surface area (Å²) in [5.41, 5.74) is 7.47. The molecule has 0 aliphatic heterocycles. The Morgan fingerprint density at radius 3 is 2.54 bits per heavy atom. The second-order valence-corrected chi connectivity index (χ2v) is 7.09. The molecule has 0 atom stereocenters. The van der Waals surface area contributed by atoms with Crippen molar-refractivity contribution in [3.8, 4) is 5.75 Å². The number of hydrogen-bond donors (Lipinski definition) is 2. The summed E-state index contributed by atoms with van der Waals surface area (Å²) in [6.45, 7) is 2.20.